The van der Waals surface area contributed by atoms with Gasteiger partial charge in [-0.05, 0) is 61.2 Å². The van der Waals surface area contributed by atoms with Crippen LogP contribution in [0.4, 0.5) is 0 Å². The molecule has 0 saturated carbocycles. The van der Waals surface area contributed by atoms with Crippen LogP contribution in [0.15, 0.2) is 35.4 Å². The monoisotopic (exact) mass is 340 g/mol. The van der Waals surface area contributed by atoms with Gasteiger partial charge in [-0.15, -0.1) is 0 Å². The van der Waals surface area contributed by atoms with E-state index in [0.717, 1.165) is 28.0 Å². The number of fused-ring (bicyclic) bond motifs is 1. The number of carbonyl (C=O) groups is 1. The number of nitrogens with zero attached hydrogens (tertiary/aromatic N) is 1. The van der Waals surface area contributed by atoms with Gasteiger partial charge in [0.1, 0.15) is 5.75 Å². The average molecular weight is 340 g/mol. The second-order valence-electron chi connectivity index (χ2n) is 5.85. The smallest absolute Gasteiger partial charge is 0.277 e. The Morgan fingerprint density at radius 1 is 1.16 bits per heavy atom. The Kier molecular flexibility index (Phi) is 4.88. The summed E-state index contributed by atoms with van der Waals surface area (Å²) >= 11 is 0. The normalized spacial score (nSPS) is 12.4. The molecule has 1 aliphatic rings. The van der Waals surface area contributed by atoms with Crippen LogP contribution in [-0.2, 0) is 4.79 Å². The van der Waals surface area contributed by atoms with Gasteiger partial charge in [-0.2, -0.15) is 5.10 Å². The van der Waals surface area contributed by atoms with Gasteiger partial charge in [0, 0.05) is 0 Å². The minimum absolute atomic E-state index is 0.0936. The molecule has 0 aliphatic carbocycles. The van der Waals surface area contributed by atoms with E-state index in [9.17, 15) is 4.79 Å². The number of hydrogen-bond donors (Lipinski definition) is 1. The van der Waals surface area contributed by atoms with Crippen molar-refractivity contribution in [3.8, 4) is 17.2 Å². The summed E-state index contributed by atoms with van der Waals surface area (Å²) in [6, 6.07) is 9.45. The molecule has 0 radical (unpaired) electrons. The number of hydrazone groups is 1. The van der Waals surface area contributed by atoms with Crippen LogP contribution in [0.1, 0.15) is 22.3 Å². The first-order valence-electron chi connectivity index (χ1n) is 7.96. The highest BCUT2D eigenvalue weighted by Gasteiger charge is 2.12. The van der Waals surface area contributed by atoms with E-state index in [1.54, 1.807) is 18.3 Å². The molecule has 0 spiro atoms. The van der Waals surface area contributed by atoms with Gasteiger partial charge in [0.15, 0.2) is 18.1 Å². The number of carbonyl (C=O) groups excluding carboxylic acids is 1. The van der Waals surface area contributed by atoms with Crippen LogP contribution in [-0.4, -0.2) is 25.5 Å². The highest BCUT2D eigenvalue weighted by molar-refractivity contribution is 5.83. The second-order valence-corrected chi connectivity index (χ2v) is 5.85. The molecule has 2 aromatic rings. The Morgan fingerprint density at radius 2 is 1.92 bits per heavy atom. The third-order valence-corrected chi connectivity index (χ3v) is 4.02. The van der Waals surface area contributed by atoms with Crippen molar-refractivity contribution < 1.29 is 19.0 Å². The van der Waals surface area contributed by atoms with Gasteiger partial charge >= 0.3 is 0 Å². The van der Waals surface area contributed by atoms with Gasteiger partial charge in [-0.3, -0.25) is 4.79 Å². The van der Waals surface area contributed by atoms with Crippen molar-refractivity contribution in [3.63, 3.8) is 0 Å². The zero-order valence-corrected chi connectivity index (χ0v) is 14.5. The minimum atomic E-state index is -0.322. The van der Waals surface area contributed by atoms with Gasteiger partial charge in [-0.1, -0.05) is 12.1 Å². The van der Waals surface area contributed by atoms with Crippen LogP contribution in [0.3, 0.4) is 0 Å². The van der Waals surface area contributed by atoms with Crippen LogP contribution >= 0.6 is 0 Å². The standard InChI is InChI=1S/C19H20N2O4/c1-12-4-5-13(2)19(14(12)3)23-10-18(22)21-20-9-15-6-7-16-17(8-15)25-11-24-16/h4-9H,10-11H2,1-3H3,(H,21,22). The molecule has 25 heavy (non-hydrogen) atoms. The summed E-state index contributed by atoms with van der Waals surface area (Å²) in [5, 5.41) is 3.94. The average Bonchev–Trinajstić information content (AvgIpc) is 3.06. The molecule has 130 valence electrons. The summed E-state index contributed by atoms with van der Waals surface area (Å²) in [6.07, 6.45) is 1.54. The van der Waals surface area contributed by atoms with Gasteiger partial charge in [0.2, 0.25) is 6.79 Å². The molecule has 0 aromatic heterocycles. The lowest BCUT2D eigenvalue weighted by molar-refractivity contribution is -0.123. The Hall–Kier alpha value is -3.02. The van der Waals surface area contributed by atoms with Crippen molar-refractivity contribution >= 4 is 12.1 Å². The third kappa shape index (κ3) is 3.91. The molecular formula is C19H20N2O4. The lowest BCUT2D eigenvalue weighted by Crippen LogP contribution is -2.25. The van der Waals surface area contributed by atoms with Crippen molar-refractivity contribution in [2.45, 2.75) is 20.8 Å². The van der Waals surface area contributed by atoms with E-state index in [0.29, 0.717) is 11.5 Å². The maximum Gasteiger partial charge on any atom is 0.277 e. The molecule has 0 unspecified atom stereocenters. The lowest BCUT2D eigenvalue weighted by atomic mass is 10.1. The van der Waals surface area contributed by atoms with Crippen LogP contribution in [0.2, 0.25) is 0 Å². The van der Waals surface area contributed by atoms with E-state index in [1.165, 1.54) is 0 Å². The van der Waals surface area contributed by atoms with Crippen molar-refractivity contribution in [2.75, 3.05) is 13.4 Å². The van der Waals surface area contributed by atoms with E-state index in [-0.39, 0.29) is 19.3 Å². The summed E-state index contributed by atoms with van der Waals surface area (Å²) in [5.74, 6) is 1.80. The predicted molar refractivity (Wildman–Crippen MR) is 94.4 cm³/mol. The first-order chi connectivity index (χ1) is 12.0. The largest absolute Gasteiger partial charge is 0.483 e. The highest BCUT2D eigenvalue weighted by atomic mass is 16.7. The van der Waals surface area contributed by atoms with E-state index >= 15 is 0 Å². The third-order valence-electron chi connectivity index (χ3n) is 4.02. The number of hydrogen-bond acceptors (Lipinski definition) is 5. The zero-order chi connectivity index (χ0) is 17.8. The second kappa shape index (κ2) is 7.25. The van der Waals surface area contributed by atoms with Gasteiger partial charge in [0.25, 0.3) is 5.91 Å². The van der Waals surface area contributed by atoms with Crippen LogP contribution in [0.5, 0.6) is 17.2 Å². The number of aryl methyl sites for hydroxylation is 2. The first kappa shape index (κ1) is 16.8. The summed E-state index contributed by atoms with van der Waals surface area (Å²) in [7, 11) is 0. The minimum Gasteiger partial charge on any atom is -0.483 e. The Balaban J connectivity index is 1.54. The van der Waals surface area contributed by atoms with Crippen LogP contribution in [0, 0.1) is 20.8 Å². The van der Waals surface area contributed by atoms with Crippen molar-refractivity contribution in [2.24, 2.45) is 5.10 Å². The molecule has 3 rings (SSSR count). The van der Waals surface area contributed by atoms with Crippen molar-refractivity contribution in [1.29, 1.82) is 0 Å². The summed E-state index contributed by atoms with van der Waals surface area (Å²) in [6.45, 7) is 6.08. The summed E-state index contributed by atoms with van der Waals surface area (Å²) < 4.78 is 16.2. The number of rotatable bonds is 5. The molecule has 0 atom stereocenters. The van der Waals surface area contributed by atoms with E-state index < -0.39 is 0 Å². The van der Waals surface area contributed by atoms with Gasteiger partial charge < -0.3 is 14.2 Å². The molecule has 2 aromatic carbocycles. The lowest BCUT2D eigenvalue weighted by Gasteiger charge is -2.13. The van der Waals surface area contributed by atoms with E-state index in [1.807, 2.05) is 39.0 Å². The molecular weight excluding hydrogens is 320 g/mol. The molecule has 0 saturated heterocycles. The molecule has 6 heteroatoms. The molecule has 1 N–H and O–H groups in total. The molecule has 0 fully saturated rings. The van der Waals surface area contributed by atoms with Gasteiger partial charge in [0.05, 0.1) is 6.21 Å². The van der Waals surface area contributed by atoms with Crippen molar-refractivity contribution in [3.05, 3.63) is 52.6 Å². The number of nitrogens with one attached hydrogen (secondary N) is 1. The van der Waals surface area contributed by atoms with E-state index in [4.69, 9.17) is 14.2 Å². The topological polar surface area (TPSA) is 69.2 Å². The SMILES string of the molecule is Cc1ccc(C)c(OCC(=O)NN=Cc2ccc3c(c2)OCO3)c1C. The predicted octanol–water partition coefficient (Wildman–Crippen LogP) is 2.87. The maximum absolute atomic E-state index is 11.9. The summed E-state index contributed by atoms with van der Waals surface area (Å²) in [5.41, 5.74) is 6.42. The van der Waals surface area contributed by atoms with Crippen LogP contribution in [0.25, 0.3) is 0 Å². The molecule has 1 heterocycles. The van der Waals surface area contributed by atoms with Gasteiger partial charge in [-0.25, -0.2) is 5.43 Å². The number of ether oxygens (including phenoxy) is 3. The van der Waals surface area contributed by atoms with E-state index in [2.05, 4.69) is 10.5 Å². The zero-order valence-electron chi connectivity index (χ0n) is 14.5. The molecule has 1 aliphatic heterocycles. The Labute approximate surface area is 146 Å². The Morgan fingerprint density at radius 3 is 2.76 bits per heavy atom. The fourth-order valence-corrected chi connectivity index (χ4v) is 2.49. The molecule has 1 amide bonds. The number of amides is 1. The molecule has 6 nitrogen and oxygen atoms in total. The summed E-state index contributed by atoms with van der Waals surface area (Å²) in [4.78, 5) is 11.9. The fourth-order valence-electron chi connectivity index (χ4n) is 2.49. The Bertz CT molecular complexity index is 830. The quantitative estimate of drug-likeness (QED) is 0.671. The first-order valence-corrected chi connectivity index (χ1v) is 7.96. The number of benzene rings is 2. The maximum atomic E-state index is 11.9. The van der Waals surface area contributed by atoms with Crippen LogP contribution < -0.4 is 19.6 Å². The highest BCUT2D eigenvalue weighted by Crippen LogP contribution is 2.32. The fraction of sp³-hybridized carbons (Fsp3) is 0.263. The molecule has 0 bridgehead atoms. The van der Waals surface area contributed by atoms with Crippen molar-refractivity contribution in [1.82, 2.24) is 5.43 Å².